The SMILES string of the molecule is C=CC(=O)OC(C)CCCOC(=O)CCCCCCC(=O)O. The summed E-state index contributed by atoms with van der Waals surface area (Å²) < 4.78 is 10.1. The molecule has 0 fully saturated rings. The number of rotatable bonds is 13. The number of unbranched alkanes of at least 4 members (excludes halogenated alkanes) is 3. The van der Waals surface area contributed by atoms with E-state index in [4.69, 9.17) is 14.6 Å². The molecule has 6 heteroatoms. The number of hydrogen-bond acceptors (Lipinski definition) is 5. The molecule has 0 radical (unpaired) electrons. The molecule has 126 valence electrons. The molecule has 0 heterocycles. The Morgan fingerprint density at radius 2 is 1.73 bits per heavy atom. The van der Waals surface area contributed by atoms with E-state index in [0.717, 1.165) is 18.9 Å². The zero-order valence-corrected chi connectivity index (χ0v) is 13.2. The van der Waals surface area contributed by atoms with Gasteiger partial charge in [-0.2, -0.15) is 0 Å². The fraction of sp³-hybridized carbons (Fsp3) is 0.688. The molecule has 0 aromatic heterocycles. The third-order valence-electron chi connectivity index (χ3n) is 3.02. The summed E-state index contributed by atoms with van der Waals surface area (Å²) in [4.78, 5) is 32.7. The van der Waals surface area contributed by atoms with E-state index in [-0.39, 0.29) is 18.5 Å². The van der Waals surface area contributed by atoms with E-state index in [1.54, 1.807) is 6.92 Å². The number of esters is 2. The normalized spacial score (nSPS) is 11.5. The molecule has 1 unspecified atom stereocenters. The summed E-state index contributed by atoms with van der Waals surface area (Å²) in [6.45, 7) is 5.41. The van der Waals surface area contributed by atoms with Gasteiger partial charge in [-0.1, -0.05) is 19.4 Å². The maximum absolute atomic E-state index is 11.4. The van der Waals surface area contributed by atoms with Crippen molar-refractivity contribution < 1.29 is 29.0 Å². The highest BCUT2D eigenvalue weighted by Crippen LogP contribution is 2.07. The molecule has 6 nitrogen and oxygen atoms in total. The Balaban J connectivity index is 3.44. The van der Waals surface area contributed by atoms with Gasteiger partial charge in [0.25, 0.3) is 0 Å². The molecule has 1 N–H and O–H groups in total. The minimum atomic E-state index is -0.785. The van der Waals surface area contributed by atoms with E-state index in [2.05, 4.69) is 6.58 Å². The van der Waals surface area contributed by atoms with Crippen LogP contribution in [0.25, 0.3) is 0 Å². The fourth-order valence-electron chi connectivity index (χ4n) is 1.83. The summed E-state index contributed by atoms with van der Waals surface area (Å²) in [5.41, 5.74) is 0. The van der Waals surface area contributed by atoms with Gasteiger partial charge in [-0.3, -0.25) is 9.59 Å². The number of carboxylic acids is 1. The van der Waals surface area contributed by atoms with Gasteiger partial charge in [0.05, 0.1) is 12.7 Å². The Bertz CT molecular complexity index is 364. The van der Waals surface area contributed by atoms with E-state index >= 15 is 0 Å². The standard InChI is InChI=1S/C16H26O6/c1-3-15(19)22-13(2)9-8-12-21-16(20)11-7-5-4-6-10-14(17)18/h3,13H,1,4-12H2,2H3,(H,17,18). The Morgan fingerprint density at radius 3 is 2.32 bits per heavy atom. The van der Waals surface area contributed by atoms with Gasteiger partial charge in [-0.15, -0.1) is 0 Å². The first-order valence-electron chi connectivity index (χ1n) is 7.66. The van der Waals surface area contributed by atoms with Gasteiger partial charge in [0.1, 0.15) is 0 Å². The zero-order valence-electron chi connectivity index (χ0n) is 13.2. The van der Waals surface area contributed by atoms with Crippen LogP contribution in [-0.2, 0) is 23.9 Å². The Labute approximate surface area is 131 Å². The molecule has 0 aromatic rings. The van der Waals surface area contributed by atoms with Crippen LogP contribution in [0.1, 0.15) is 58.3 Å². The van der Waals surface area contributed by atoms with Gasteiger partial charge < -0.3 is 14.6 Å². The van der Waals surface area contributed by atoms with Crippen LogP contribution in [0.4, 0.5) is 0 Å². The third-order valence-corrected chi connectivity index (χ3v) is 3.02. The second-order valence-corrected chi connectivity index (χ2v) is 5.12. The van der Waals surface area contributed by atoms with E-state index in [1.165, 1.54) is 0 Å². The fourth-order valence-corrected chi connectivity index (χ4v) is 1.83. The van der Waals surface area contributed by atoms with Gasteiger partial charge in [-0.25, -0.2) is 4.79 Å². The van der Waals surface area contributed by atoms with E-state index in [0.29, 0.717) is 38.7 Å². The predicted molar refractivity (Wildman–Crippen MR) is 81.3 cm³/mol. The summed E-state index contributed by atoms with van der Waals surface area (Å²) in [6.07, 6.45) is 5.69. The summed E-state index contributed by atoms with van der Waals surface area (Å²) in [5, 5.41) is 8.47. The molecule has 1 atom stereocenters. The lowest BCUT2D eigenvalue weighted by Crippen LogP contribution is -2.14. The van der Waals surface area contributed by atoms with Gasteiger partial charge in [0, 0.05) is 18.9 Å². The number of hydrogen-bond donors (Lipinski definition) is 1. The van der Waals surface area contributed by atoms with Crippen LogP contribution >= 0.6 is 0 Å². The predicted octanol–water partition coefficient (Wildman–Crippen LogP) is 2.85. The van der Waals surface area contributed by atoms with Gasteiger partial charge in [-0.05, 0) is 32.6 Å². The first-order chi connectivity index (χ1) is 10.5. The van der Waals surface area contributed by atoms with Crippen LogP contribution in [0.5, 0.6) is 0 Å². The topological polar surface area (TPSA) is 89.9 Å². The second kappa shape index (κ2) is 12.9. The van der Waals surface area contributed by atoms with E-state index in [1.807, 2.05) is 0 Å². The van der Waals surface area contributed by atoms with Crippen molar-refractivity contribution in [3.05, 3.63) is 12.7 Å². The molecular formula is C16H26O6. The maximum Gasteiger partial charge on any atom is 0.330 e. The van der Waals surface area contributed by atoms with Crippen molar-refractivity contribution >= 4 is 17.9 Å². The lowest BCUT2D eigenvalue weighted by atomic mass is 10.1. The molecule has 0 bridgehead atoms. The molecule has 0 saturated heterocycles. The smallest absolute Gasteiger partial charge is 0.330 e. The average molecular weight is 314 g/mol. The lowest BCUT2D eigenvalue weighted by molar-refractivity contribution is -0.146. The molecule has 22 heavy (non-hydrogen) atoms. The molecule has 0 amide bonds. The Kier molecular flexibility index (Phi) is 11.8. The van der Waals surface area contributed by atoms with Crippen LogP contribution in [0, 0.1) is 0 Å². The largest absolute Gasteiger partial charge is 0.481 e. The summed E-state index contributed by atoms with van der Waals surface area (Å²) in [6, 6.07) is 0. The lowest BCUT2D eigenvalue weighted by Gasteiger charge is -2.11. The molecule has 0 aliphatic heterocycles. The second-order valence-electron chi connectivity index (χ2n) is 5.12. The quantitative estimate of drug-likeness (QED) is 0.319. The highest BCUT2D eigenvalue weighted by Gasteiger charge is 2.07. The van der Waals surface area contributed by atoms with Crippen molar-refractivity contribution in [1.82, 2.24) is 0 Å². The van der Waals surface area contributed by atoms with Crippen LogP contribution in [0.15, 0.2) is 12.7 Å². The molecule has 0 aromatic carbocycles. The van der Waals surface area contributed by atoms with Crippen LogP contribution in [-0.4, -0.2) is 35.7 Å². The molecule has 0 saturated carbocycles. The van der Waals surface area contributed by atoms with Gasteiger partial charge in [0.2, 0.25) is 0 Å². The summed E-state index contributed by atoms with van der Waals surface area (Å²) >= 11 is 0. The monoisotopic (exact) mass is 314 g/mol. The molecule has 0 rings (SSSR count). The highest BCUT2D eigenvalue weighted by atomic mass is 16.5. The van der Waals surface area contributed by atoms with E-state index < -0.39 is 11.9 Å². The third kappa shape index (κ3) is 13.1. The molecular weight excluding hydrogens is 288 g/mol. The Morgan fingerprint density at radius 1 is 1.09 bits per heavy atom. The number of aliphatic carboxylic acids is 1. The van der Waals surface area contributed by atoms with Crippen LogP contribution in [0.3, 0.4) is 0 Å². The average Bonchev–Trinajstić information content (AvgIpc) is 2.46. The summed E-state index contributed by atoms with van der Waals surface area (Å²) in [7, 11) is 0. The van der Waals surface area contributed by atoms with E-state index in [9.17, 15) is 14.4 Å². The van der Waals surface area contributed by atoms with Crippen LogP contribution in [0.2, 0.25) is 0 Å². The molecule has 0 aliphatic rings. The number of carbonyl (C=O) groups is 3. The molecule has 0 spiro atoms. The van der Waals surface area contributed by atoms with Crippen molar-refractivity contribution in [2.45, 2.75) is 64.4 Å². The summed E-state index contributed by atoms with van der Waals surface area (Å²) in [5.74, 6) is -1.48. The van der Waals surface area contributed by atoms with Crippen molar-refractivity contribution in [3.63, 3.8) is 0 Å². The van der Waals surface area contributed by atoms with Crippen molar-refractivity contribution in [2.75, 3.05) is 6.61 Å². The minimum absolute atomic E-state index is 0.180. The first-order valence-corrected chi connectivity index (χ1v) is 7.66. The zero-order chi connectivity index (χ0) is 16.8. The van der Waals surface area contributed by atoms with Crippen molar-refractivity contribution in [1.29, 1.82) is 0 Å². The van der Waals surface area contributed by atoms with Gasteiger partial charge >= 0.3 is 17.9 Å². The number of ether oxygens (including phenoxy) is 2. The minimum Gasteiger partial charge on any atom is -0.481 e. The first kappa shape index (κ1) is 20.1. The van der Waals surface area contributed by atoms with Crippen LogP contribution < -0.4 is 0 Å². The molecule has 0 aliphatic carbocycles. The van der Waals surface area contributed by atoms with Crippen molar-refractivity contribution in [2.24, 2.45) is 0 Å². The van der Waals surface area contributed by atoms with Crippen molar-refractivity contribution in [3.8, 4) is 0 Å². The number of carbonyl (C=O) groups excluding carboxylic acids is 2. The van der Waals surface area contributed by atoms with Gasteiger partial charge in [0.15, 0.2) is 0 Å². The maximum atomic E-state index is 11.4. The highest BCUT2D eigenvalue weighted by molar-refractivity contribution is 5.81. The number of carboxylic acid groups (broad SMARTS) is 1. The Hall–Kier alpha value is -1.85.